The molecule has 7 heteroatoms. The molecule has 0 unspecified atom stereocenters. The predicted octanol–water partition coefficient (Wildman–Crippen LogP) is 1.04. The molecule has 0 spiro atoms. The van der Waals surface area contributed by atoms with Crippen LogP contribution in [0.25, 0.3) is 0 Å². The zero-order valence-electron chi connectivity index (χ0n) is 11.7. The van der Waals surface area contributed by atoms with Crippen LogP contribution >= 0.6 is 0 Å². The summed E-state index contributed by atoms with van der Waals surface area (Å²) in [5.74, 6) is -0.741. The van der Waals surface area contributed by atoms with Crippen LogP contribution in [0.15, 0.2) is 6.07 Å². The number of hydrogen-bond acceptors (Lipinski definition) is 4. The lowest BCUT2D eigenvalue weighted by molar-refractivity contribution is -0.139. The van der Waals surface area contributed by atoms with Gasteiger partial charge in [-0.2, -0.15) is 5.10 Å². The fourth-order valence-corrected chi connectivity index (χ4v) is 2.76. The van der Waals surface area contributed by atoms with E-state index in [9.17, 15) is 9.59 Å². The highest BCUT2D eigenvalue weighted by molar-refractivity contribution is 5.93. The quantitative estimate of drug-likeness (QED) is 0.752. The minimum absolute atomic E-state index is 0.0952. The van der Waals surface area contributed by atoms with Crippen LogP contribution in [0, 0.1) is 0 Å². The lowest BCUT2D eigenvalue weighted by Crippen LogP contribution is -2.53. The van der Waals surface area contributed by atoms with Crippen LogP contribution in [0.1, 0.15) is 54.2 Å². The summed E-state index contributed by atoms with van der Waals surface area (Å²) in [5, 5.41) is 18.9. The van der Waals surface area contributed by atoms with Crippen molar-refractivity contribution in [1.29, 1.82) is 0 Å². The molecule has 1 aliphatic heterocycles. The molecule has 0 aromatic carbocycles. The number of rotatable bonds is 5. The molecule has 21 heavy (non-hydrogen) atoms. The van der Waals surface area contributed by atoms with Gasteiger partial charge in [-0.05, 0) is 31.7 Å². The number of nitrogens with zero attached hydrogens (tertiary/aromatic N) is 1. The normalized spacial score (nSPS) is 21.0. The molecule has 1 aliphatic carbocycles. The molecule has 0 bridgehead atoms. The number of carbonyl (C=O) groups is 2. The Morgan fingerprint density at radius 1 is 1.43 bits per heavy atom. The van der Waals surface area contributed by atoms with Gasteiger partial charge in [0.15, 0.2) is 0 Å². The number of aromatic nitrogens is 2. The van der Waals surface area contributed by atoms with E-state index in [1.807, 2.05) is 0 Å². The van der Waals surface area contributed by atoms with E-state index in [2.05, 4.69) is 15.5 Å². The summed E-state index contributed by atoms with van der Waals surface area (Å²) in [6, 6.07) is 1.76. The lowest BCUT2D eigenvalue weighted by Gasteiger charge is -2.36. The summed E-state index contributed by atoms with van der Waals surface area (Å²) in [7, 11) is 0. The molecule has 0 radical (unpaired) electrons. The molecular weight excluding hydrogens is 274 g/mol. The summed E-state index contributed by atoms with van der Waals surface area (Å²) in [4.78, 5) is 23.4. The summed E-state index contributed by atoms with van der Waals surface area (Å²) >= 11 is 0. The molecule has 114 valence electrons. The van der Waals surface area contributed by atoms with Gasteiger partial charge in [0.05, 0.1) is 12.0 Å². The summed E-state index contributed by atoms with van der Waals surface area (Å²) in [5.41, 5.74) is 0.576. The van der Waals surface area contributed by atoms with E-state index < -0.39 is 11.5 Å². The molecule has 2 fully saturated rings. The van der Waals surface area contributed by atoms with Gasteiger partial charge < -0.3 is 15.2 Å². The number of aromatic amines is 1. The zero-order valence-corrected chi connectivity index (χ0v) is 11.7. The number of H-pyrrole nitrogens is 1. The van der Waals surface area contributed by atoms with Crippen LogP contribution in [0.4, 0.5) is 0 Å². The maximum atomic E-state index is 12.3. The second-order valence-electron chi connectivity index (χ2n) is 5.90. The minimum atomic E-state index is -0.919. The number of aliphatic carboxylic acids is 1. The second kappa shape index (κ2) is 5.48. The molecule has 1 aromatic heterocycles. The smallest absolute Gasteiger partial charge is 0.305 e. The molecular formula is C14H19N3O4. The van der Waals surface area contributed by atoms with Crippen LogP contribution in [-0.2, 0) is 9.53 Å². The minimum Gasteiger partial charge on any atom is -0.481 e. The summed E-state index contributed by atoms with van der Waals surface area (Å²) in [6.07, 6.45) is 3.17. The standard InChI is InChI=1S/C14H19N3O4/c18-12(19)8-14(3-5-21-6-4-14)15-13(20)11-7-10(16-17-11)9-1-2-9/h7,9H,1-6,8H2,(H,15,20)(H,16,17)(H,18,19). The van der Waals surface area contributed by atoms with Crippen molar-refractivity contribution in [1.82, 2.24) is 15.5 Å². The molecule has 2 aliphatic rings. The number of carbonyl (C=O) groups excluding carboxylic acids is 1. The van der Waals surface area contributed by atoms with Crippen molar-refractivity contribution in [2.75, 3.05) is 13.2 Å². The topological polar surface area (TPSA) is 104 Å². The Morgan fingerprint density at radius 2 is 2.14 bits per heavy atom. The van der Waals surface area contributed by atoms with Crippen molar-refractivity contribution in [3.8, 4) is 0 Å². The van der Waals surface area contributed by atoms with Gasteiger partial charge in [0.1, 0.15) is 5.69 Å². The Bertz CT molecular complexity index is 544. The molecule has 1 amide bonds. The molecule has 3 rings (SSSR count). The molecule has 2 heterocycles. The fourth-order valence-electron chi connectivity index (χ4n) is 2.76. The monoisotopic (exact) mass is 293 g/mol. The average molecular weight is 293 g/mol. The first kappa shape index (κ1) is 14.1. The third-order valence-corrected chi connectivity index (χ3v) is 4.17. The number of amides is 1. The Balaban J connectivity index is 1.71. The molecule has 3 N–H and O–H groups in total. The van der Waals surface area contributed by atoms with Crippen molar-refractivity contribution in [3.05, 3.63) is 17.5 Å². The summed E-state index contributed by atoms with van der Waals surface area (Å²) in [6.45, 7) is 0.920. The van der Waals surface area contributed by atoms with Gasteiger partial charge in [0.25, 0.3) is 5.91 Å². The second-order valence-corrected chi connectivity index (χ2v) is 5.90. The highest BCUT2D eigenvalue weighted by Gasteiger charge is 2.37. The van der Waals surface area contributed by atoms with E-state index in [1.54, 1.807) is 6.07 Å². The van der Waals surface area contributed by atoms with Crippen molar-refractivity contribution >= 4 is 11.9 Å². The highest BCUT2D eigenvalue weighted by atomic mass is 16.5. The third-order valence-electron chi connectivity index (χ3n) is 4.17. The van der Waals surface area contributed by atoms with Crippen LogP contribution in [0.2, 0.25) is 0 Å². The highest BCUT2D eigenvalue weighted by Crippen LogP contribution is 2.39. The lowest BCUT2D eigenvalue weighted by atomic mass is 9.86. The number of ether oxygens (including phenoxy) is 1. The Labute approximate surface area is 122 Å². The van der Waals surface area contributed by atoms with Gasteiger partial charge in [-0.3, -0.25) is 14.7 Å². The first-order valence-corrected chi connectivity index (χ1v) is 7.25. The maximum Gasteiger partial charge on any atom is 0.305 e. The Hall–Kier alpha value is -1.89. The Morgan fingerprint density at radius 3 is 2.76 bits per heavy atom. The zero-order chi connectivity index (χ0) is 14.9. The molecule has 1 saturated heterocycles. The van der Waals surface area contributed by atoms with Crippen molar-refractivity contribution < 1.29 is 19.4 Å². The van der Waals surface area contributed by atoms with Crippen molar-refractivity contribution in [2.24, 2.45) is 0 Å². The van der Waals surface area contributed by atoms with Crippen LogP contribution in [0.3, 0.4) is 0 Å². The van der Waals surface area contributed by atoms with Crippen LogP contribution in [-0.4, -0.2) is 45.9 Å². The van der Waals surface area contributed by atoms with Crippen LogP contribution < -0.4 is 5.32 Å². The molecule has 1 saturated carbocycles. The maximum absolute atomic E-state index is 12.3. The van der Waals surface area contributed by atoms with Gasteiger partial charge in [-0.15, -0.1) is 0 Å². The average Bonchev–Trinajstić information content (AvgIpc) is 3.16. The first-order valence-electron chi connectivity index (χ1n) is 7.25. The van der Waals surface area contributed by atoms with Gasteiger partial charge in [-0.25, -0.2) is 0 Å². The van der Waals surface area contributed by atoms with E-state index in [0.717, 1.165) is 18.5 Å². The molecule has 0 atom stereocenters. The SMILES string of the molecule is O=C(O)CC1(NC(=O)c2cc(C3CC3)[nH]n2)CCOCC1. The third kappa shape index (κ3) is 3.24. The number of hydrogen-bond donors (Lipinski definition) is 3. The molecule has 1 aromatic rings. The van der Waals surface area contributed by atoms with Gasteiger partial charge in [0.2, 0.25) is 0 Å². The fraction of sp³-hybridized carbons (Fsp3) is 0.643. The van der Waals surface area contributed by atoms with Gasteiger partial charge in [-0.1, -0.05) is 0 Å². The largest absolute Gasteiger partial charge is 0.481 e. The van der Waals surface area contributed by atoms with Gasteiger partial charge in [0, 0.05) is 24.8 Å². The number of carboxylic acids is 1. The van der Waals surface area contributed by atoms with E-state index in [0.29, 0.717) is 37.7 Å². The van der Waals surface area contributed by atoms with Crippen molar-refractivity contribution in [2.45, 2.75) is 43.6 Å². The number of carboxylic acid groups (broad SMARTS) is 1. The van der Waals surface area contributed by atoms with Crippen LogP contribution in [0.5, 0.6) is 0 Å². The van der Waals surface area contributed by atoms with Crippen molar-refractivity contribution in [3.63, 3.8) is 0 Å². The first-order chi connectivity index (χ1) is 10.1. The number of nitrogens with one attached hydrogen (secondary N) is 2. The summed E-state index contributed by atoms with van der Waals surface area (Å²) < 4.78 is 5.27. The van der Waals surface area contributed by atoms with Gasteiger partial charge >= 0.3 is 5.97 Å². The van der Waals surface area contributed by atoms with E-state index >= 15 is 0 Å². The van der Waals surface area contributed by atoms with E-state index in [-0.39, 0.29) is 12.3 Å². The van der Waals surface area contributed by atoms with E-state index in [1.165, 1.54) is 0 Å². The van der Waals surface area contributed by atoms with E-state index in [4.69, 9.17) is 9.84 Å². The molecule has 7 nitrogen and oxygen atoms in total. The Kier molecular flexibility index (Phi) is 3.67. The predicted molar refractivity (Wildman–Crippen MR) is 73.1 cm³/mol.